The second-order valence-corrected chi connectivity index (χ2v) is 18.8. The largest absolute Gasteiger partial charge is 0.463 e. The van der Waals surface area contributed by atoms with E-state index in [9.17, 15) is 9.90 Å². The van der Waals surface area contributed by atoms with E-state index in [0.29, 0.717) is 30.0 Å². The number of aliphatic hydroxyl groups excluding tert-OH is 1. The van der Waals surface area contributed by atoms with Crippen LogP contribution in [0, 0.1) is 40.9 Å². The van der Waals surface area contributed by atoms with Gasteiger partial charge in [0, 0.05) is 30.6 Å². The molecule has 2 saturated heterocycles. The van der Waals surface area contributed by atoms with E-state index in [4.69, 9.17) is 9.47 Å². The normalized spacial score (nSPS) is 39.3. The third-order valence-electron chi connectivity index (χ3n) is 14.9. The summed E-state index contributed by atoms with van der Waals surface area (Å²) in [7, 11) is 2.07. The van der Waals surface area contributed by atoms with Crippen LogP contribution in [0.5, 0.6) is 0 Å². The van der Waals surface area contributed by atoms with Crippen molar-refractivity contribution in [3.63, 3.8) is 0 Å². The van der Waals surface area contributed by atoms with E-state index in [1.807, 2.05) is 6.92 Å². The summed E-state index contributed by atoms with van der Waals surface area (Å²) >= 11 is 0. The van der Waals surface area contributed by atoms with Crippen molar-refractivity contribution in [2.24, 2.45) is 40.9 Å². The van der Waals surface area contributed by atoms with Gasteiger partial charge in [-0.2, -0.15) is 0 Å². The molecular formula is C46H71N4O6+3. The van der Waals surface area contributed by atoms with Gasteiger partial charge in [0.05, 0.1) is 26.7 Å². The van der Waals surface area contributed by atoms with E-state index in [0.717, 1.165) is 96.0 Å². The maximum atomic E-state index is 15.2. The van der Waals surface area contributed by atoms with Crippen LogP contribution in [-0.4, -0.2) is 86.1 Å². The number of ketones is 2. The average Bonchev–Trinajstić information content (AvgIpc) is 3.91. The van der Waals surface area contributed by atoms with Crippen molar-refractivity contribution in [3.8, 4) is 0 Å². The number of nitrogens with two attached hydrogens (primary N) is 3. The van der Waals surface area contributed by atoms with Crippen LogP contribution in [0.15, 0.2) is 59.3 Å². The first kappa shape index (κ1) is 41.4. The van der Waals surface area contributed by atoms with Crippen LogP contribution in [0.2, 0.25) is 0 Å². The number of Topliss-reactive ketones (excluding diaryl/α,β-unsaturated/α-hetero) is 2. The minimum absolute atomic E-state index is 0.0288. The van der Waals surface area contributed by atoms with Crippen molar-refractivity contribution in [3.05, 3.63) is 59.3 Å². The average molecular weight is 776 g/mol. The maximum absolute atomic E-state index is 15.2. The highest BCUT2D eigenvalue weighted by molar-refractivity contribution is 6.23. The molecule has 2 saturated carbocycles. The molecule has 0 bridgehead atoms. The van der Waals surface area contributed by atoms with Gasteiger partial charge in [-0.05, 0) is 118 Å². The molecule has 0 aromatic heterocycles. The fraction of sp³-hybridized carbons (Fsp3) is 0.717. The molecule has 0 aromatic rings. The second kappa shape index (κ2) is 17.6. The van der Waals surface area contributed by atoms with Crippen LogP contribution >= 0.6 is 0 Å². The van der Waals surface area contributed by atoms with Crippen molar-refractivity contribution in [1.82, 2.24) is 5.32 Å². The fourth-order valence-electron chi connectivity index (χ4n) is 11.7. The molecule has 7 rings (SSSR count). The van der Waals surface area contributed by atoms with Crippen LogP contribution in [0.4, 0.5) is 0 Å². The van der Waals surface area contributed by atoms with E-state index in [2.05, 4.69) is 84.7 Å². The van der Waals surface area contributed by atoms with Crippen molar-refractivity contribution in [2.75, 3.05) is 40.0 Å². The van der Waals surface area contributed by atoms with Crippen LogP contribution in [0.1, 0.15) is 104 Å². The summed E-state index contributed by atoms with van der Waals surface area (Å²) in [5.74, 6) is -1.09. The van der Waals surface area contributed by atoms with Gasteiger partial charge in [0.1, 0.15) is 25.5 Å². The molecule has 7 aliphatic rings. The first-order valence-electron chi connectivity index (χ1n) is 22.2. The van der Waals surface area contributed by atoms with E-state index < -0.39 is 29.0 Å². The first-order chi connectivity index (χ1) is 27.1. The molecule has 5 unspecified atom stereocenters. The zero-order valence-electron chi connectivity index (χ0n) is 34.6. The highest BCUT2D eigenvalue weighted by Crippen LogP contribution is 2.64. The van der Waals surface area contributed by atoms with Gasteiger partial charge >= 0.3 is 5.97 Å². The molecule has 4 fully saturated rings. The monoisotopic (exact) mass is 776 g/mol. The third kappa shape index (κ3) is 8.13. The van der Waals surface area contributed by atoms with E-state index >= 15 is 9.59 Å². The number of hydrogen-bond donors (Lipinski definition) is 5. The van der Waals surface area contributed by atoms with Gasteiger partial charge in [-0.3, -0.25) is 9.59 Å². The van der Waals surface area contributed by atoms with E-state index in [1.54, 1.807) is 0 Å². The number of nitrogens with one attached hydrogen (secondary N) is 1. The molecule has 10 nitrogen and oxygen atoms in total. The van der Waals surface area contributed by atoms with Crippen LogP contribution in [-0.2, 0) is 23.9 Å². The number of hydrogen-bond acceptors (Lipinski definition) is 7. The van der Waals surface area contributed by atoms with E-state index in [1.165, 1.54) is 5.57 Å². The molecule has 8 N–H and O–H groups in total. The predicted molar refractivity (Wildman–Crippen MR) is 215 cm³/mol. The van der Waals surface area contributed by atoms with E-state index in [-0.39, 0.29) is 54.5 Å². The van der Waals surface area contributed by atoms with Crippen molar-refractivity contribution in [2.45, 2.75) is 128 Å². The Labute approximate surface area is 334 Å². The summed E-state index contributed by atoms with van der Waals surface area (Å²) in [6.45, 7) is 9.25. The number of quaternary nitrogens is 3. The molecule has 0 spiro atoms. The van der Waals surface area contributed by atoms with Crippen LogP contribution in [0.25, 0.3) is 0 Å². The van der Waals surface area contributed by atoms with Crippen molar-refractivity contribution < 1.29 is 44.9 Å². The number of carbonyl (C=O) groups is 3. The SMILES string of the molecule is CC[NH2+][C@@H]1C=C2C=CCC[C@H]2C[C@@H]1COC(=O)[C@]12O[C@@]1(CC(CO)=C(C)CCC1CC[NH2+]C(NC[NH2+]C)C1)C(=O)C1CCCC(C[C@@]3(C)C=CC=CC3)C1C2=O. The molecule has 0 aromatic carbocycles. The molecule has 308 valence electrons. The van der Waals surface area contributed by atoms with Gasteiger partial charge in [-0.15, -0.1) is 0 Å². The Balaban J connectivity index is 1.14. The molecule has 2 heterocycles. The Morgan fingerprint density at radius 3 is 2.73 bits per heavy atom. The van der Waals surface area contributed by atoms with Gasteiger partial charge in [0.25, 0.3) is 5.60 Å². The zero-order valence-corrected chi connectivity index (χ0v) is 34.6. The minimum Gasteiger partial charge on any atom is -0.463 e. The molecule has 5 aliphatic carbocycles. The molecular weight excluding hydrogens is 705 g/mol. The standard InChI is InChI=1S/C46H68N4O6/c1-5-48-38-24-33-13-8-7-12-32(33)23-35(38)28-55-43(54)46-42(53)40-34(25-44(3)19-9-6-10-20-44)14-11-15-37(40)41(52)45(46,56-46)26-36(27-51)30(2)16-17-31-18-21-49-39(22-31)50-29-47-4/h6,8-10,13,19,24,31-32,34-35,37-40,47-51H,5,7,11-12,14-18,20-23,25-29H2,1-4H3/p+3/t31?,32-,34?,35+,37?,38+,39?,40?,44-,45-,46-/m0/s1. The lowest BCUT2D eigenvalue weighted by Gasteiger charge is -2.44. The molecule has 56 heavy (non-hydrogen) atoms. The maximum Gasteiger partial charge on any atom is 0.350 e. The summed E-state index contributed by atoms with van der Waals surface area (Å²) in [5.41, 5.74) is -0.596. The van der Waals surface area contributed by atoms with Gasteiger partial charge in [-0.1, -0.05) is 55.4 Å². The summed E-state index contributed by atoms with van der Waals surface area (Å²) in [5, 5.41) is 21.3. The Bertz CT molecular complexity index is 1630. The Morgan fingerprint density at radius 2 is 1.96 bits per heavy atom. The molecule has 10 heteroatoms. The predicted octanol–water partition coefficient (Wildman–Crippen LogP) is 2.52. The number of piperidine rings is 1. The quantitative estimate of drug-likeness (QED) is 0.0531. The summed E-state index contributed by atoms with van der Waals surface area (Å²) in [6, 6.07) is 0.169. The second-order valence-electron chi connectivity index (χ2n) is 18.8. The molecule has 0 amide bonds. The summed E-state index contributed by atoms with van der Waals surface area (Å²) in [6.07, 6.45) is 26.9. The Hall–Kier alpha value is -2.73. The molecule has 0 radical (unpaired) electrons. The number of carbonyl (C=O) groups excluding carboxylic acids is 3. The van der Waals surface area contributed by atoms with Gasteiger partial charge < -0.3 is 30.5 Å². The Kier molecular flexibility index (Phi) is 13.0. The van der Waals surface area contributed by atoms with Crippen molar-refractivity contribution >= 4 is 17.5 Å². The fourth-order valence-corrected chi connectivity index (χ4v) is 11.7. The third-order valence-corrected chi connectivity index (χ3v) is 14.9. The lowest BCUT2D eigenvalue weighted by Crippen LogP contribution is -2.97. The van der Waals surface area contributed by atoms with Gasteiger partial charge in [0.2, 0.25) is 0 Å². The lowest BCUT2D eigenvalue weighted by molar-refractivity contribution is -0.716. The van der Waals surface area contributed by atoms with Crippen LogP contribution < -0.4 is 21.3 Å². The van der Waals surface area contributed by atoms with Gasteiger partial charge in [0.15, 0.2) is 17.2 Å². The first-order valence-corrected chi connectivity index (χ1v) is 22.2. The summed E-state index contributed by atoms with van der Waals surface area (Å²) in [4.78, 5) is 45.0. The number of fused-ring (bicyclic) bond motifs is 3. The zero-order chi connectivity index (χ0) is 39.5. The van der Waals surface area contributed by atoms with Crippen molar-refractivity contribution in [1.29, 1.82) is 0 Å². The number of likely N-dealkylation sites (N-methyl/N-ethyl adjacent to an activating group) is 1. The van der Waals surface area contributed by atoms with Gasteiger partial charge in [-0.25, -0.2) is 10.1 Å². The number of epoxide rings is 1. The number of rotatable bonds is 16. The number of aliphatic hydroxyl groups is 1. The topological polar surface area (TPSA) is 155 Å². The number of ether oxygens (including phenoxy) is 2. The Morgan fingerprint density at radius 1 is 1.11 bits per heavy atom. The number of esters is 1. The lowest BCUT2D eigenvalue weighted by atomic mass is 9.55. The summed E-state index contributed by atoms with van der Waals surface area (Å²) < 4.78 is 12.8. The smallest absolute Gasteiger partial charge is 0.350 e. The molecule has 11 atom stereocenters. The highest BCUT2D eigenvalue weighted by Gasteiger charge is 2.87. The number of allylic oxidation sites excluding steroid dienone is 8. The molecule has 2 aliphatic heterocycles. The minimum atomic E-state index is -1.97. The van der Waals surface area contributed by atoms with Crippen LogP contribution in [0.3, 0.4) is 0 Å². The highest BCUT2D eigenvalue weighted by atomic mass is 16.7.